The summed E-state index contributed by atoms with van der Waals surface area (Å²) in [5.41, 5.74) is 6.16. The Balaban J connectivity index is 0.698. The van der Waals surface area contributed by atoms with Gasteiger partial charge in [0.25, 0.3) is 17.7 Å². The lowest BCUT2D eigenvalue weighted by Gasteiger charge is -2.48. The minimum atomic E-state index is -1.02. The fourth-order valence-electron chi connectivity index (χ4n) is 15.2. The Morgan fingerprint density at radius 1 is 0.812 bits per heavy atom. The van der Waals surface area contributed by atoms with Gasteiger partial charge in [-0.25, -0.2) is 14.4 Å². The molecule has 19 nitrogen and oxygen atoms in total. The second kappa shape index (κ2) is 22.4. The number of halogens is 1. The average Bonchev–Trinajstić information content (AvgIpc) is 1.73. The van der Waals surface area contributed by atoms with Crippen LogP contribution in [0.4, 0.5) is 27.3 Å². The zero-order chi connectivity index (χ0) is 59.2. The molecule has 9 heterocycles. The molecule has 2 aromatic heterocycles. The molecule has 3 aromatic carbocycles. The van der Waals surface area contributed by atoms with E-state index in [1.165, 1.54) is 25.3 Å². The van der Waals surface area contributed by atoms with Crippen molar-refractivity contribution in [3.8, 4) is 11.3 Å². The number of rotatable bonds is 13. The van der Waals surface area contributed by atoms with Crippen molar-refractivity contribution in [2.75, 3.05) is 74.0 Å². The molecule has 2 atom stereocenters. The molecular weight excluding hydrogens is 1080 g/mol. The second-order valence-corrected chi connectivity index (χ2v) is 25.9. The molecule has 2 unspecified atom stereocenters. The number of imide groups is 2. The lowest BCUT2D eigenvalue weighted by molar-refractivity contribution is -0.139. The summed E-state index contributed by atoms with van der Waals surface area (Å²) < 4.78 is 18.0. The van der Waals surface area contributed by atoms with Gasteiger partial charge in [-0.05, 0) is 172 Å². The number of piperidine rings is 4. The van der Waals surface area contributed by atoms with Crippen molar-refractivity contribution in [3.05, 3.63) is 94.6 Å². The van der Waals surface area contributed by atoms with Crippen molar-refractivity contribution >= 4 is 75.3 Å². The third kappa shape index (κ3) is 10.1. The van der Waals surface area contributed by atoms with Crippen molar-refractivity contribution in [1.29, 1.82) is 0 Å². The summed E-state index contributed by atoms with van der Waals surface area (Å²) in [7, 11) is 0. The van der Waals surface area contributed by atoms with Gasteiger partial charge >= 0.3 is 0 Å². The maximum atomic E-state index is 16.0. The van der Waals surface area contributed by atoms with Gasteiger partial charge in [0.05, 0.1) is 51.4 Å². The Kier molecular flexibility index (Phi) is 14.9. The molecule has 7 aliphatic heterocycles. The molecule has 446 valence electrons. The van der Waals surface area contributed by atoms with Crippen LogP contribution in [-0.4, -0.2) is 159 Å². The molecule has 1 spiro atoms. The van der Waals surface area contributed by atoms with Gasteiger partial charge in [0.2, 0.25) is 23.6 Å². The highest BCUT2D eigenvalue weighted by Gasteiger charge is 2.56. The molecule has 1 aliphatic carbocycles. The number of imidazole rings is 1. The lowest BCUT2D eigenvalue weighted by Crippen LogP contribution is -2.58. The third-order valence-corrected chi connectivity index (χ3v) is 19.9. The fraction of sp³-hybridized carbons (Fsp3) is 0.523. The first kappa shape index (κ1) is 56.5. The number of nitrogens with zero attached hydrogens (tertiary/aromatic N) is 9. The van der Waals surface area contributed by atoms with Crippen LogP contribution < -0.4 is 25.8 Å². The normalized spacial score (nSPS) is 23.8. The van der Waals surface area contributed by atoms with E-state index in [2.05, 4.69) is 61.5 Å². The predicted octanol–water partition coefficient (Wildman–Crippen LogP) is 7.87. The van der Waals surface area contributed by atoms with Crippen molar-refractivity contribution in [3.63, 3.8) is 0 Å². The van der Waals surface area contributed by atoms with Crippen LogP contribution in [0.25, 0.3) is 22.3 Å². The van der Waals surface area contributed by atoms with Gasteiger partial charge in [0.1, 0.15) is 17.4 Å². The first-order chi connectivity index (χ1) is 40.9. The number of aryl methyl sites for hydroxylation is 1. The van der Waals surface area contributed by atoms with Gasteiger partial charge in [-0.1, -0.05) is 24.6 Å². The Labute approximate surface area is 495 Å². The van der Waals surface area contributed by atoms with E-state index in [9.17, 15) is 28.8 Å². The van der Waals surface area contributed by atoms with E-state index in [1.54, 1.807) is 31.5 Å². The number of aromatic nitrogens is 3. The standard InChI is InChI=1S/C65H77FN12O7/c1-37(2)68-59(80)46-32-50(48(66)28-39(46)5)70-58-57-51(67-36-76(57)38(3)4)33-49(69-58)41-12-13-47-54(29-41)77(44-30-43(31-44)73-21-7-6-8-22-73)64(85)65(47)19-26-75(27-20-65)61(82)42-18-23-72(35-42)34-40-16-24-74(25-17-40)52-11-9-10-45-56(52)63(84)78(62(45)83)53-14-15-55(79)71-60(53)81/h9-13,28-29,32-33,36-38,40,42-44,53H,6-8,14-27,30-31,34-35H2,1-5H3,(H,68,80)(H,69,70)(H,71,79,81). The summed E-state index contributed by atoms with van der Waals surface area (Å²) >= 11 is 0. The molecule has 5 saturated heterocycles. The molecule has 6 fully saturated rings. The first-order valence-corrected chi connectivity index (χ1v) is 31.0. The highest BCUT2D eigenvalue weighted by atomic mass is 19.1. The van der Waals surface area contributed by atoms with Crippen LogP contribution in [-0.2, 0) is 24.6 Å². The molecule has 20 heteroatoms. The van der Waals surface area contributed by atoms with Gasteiger partial charge in [-0.3, -0.25) is 43.8 Å². The van der Waals surface area contributed by atoms with Crippen molar-refractivity contribution in [2.45, 2.75) is 147 Å². The minimum absolute atomic E-state index is 0.0108. The minimum Gasteiger partial charge on any atom is -0.371 e. The summed E-state index contributed by atoms with van der Waals surface area (Å²) in [5.74, 6) is -1.93. The van der Waals surface area contributed by atoms with Crippen LogP contribution >= 0.6 is 0 Å². The van der Waals surface area contributed by atoms with E-state index in [-0.39, 0.29) is 65.9 Å². The van der Waals surface area contributed by atoms with Crippen LogP contribution in [0, 0.1) is 24.6 Å². The Morgan fingerprint density at radius 2 is 1.58 bits per heavy atom. The molecule has 0 radical (unpaired) electrons. The number of hydrogen-bond donors (Lipinski definition) is 3. The number of amides is 7. The van der Waals surface area contributed by atoms with Gasteiger partial charge < -0.3 is 39.7 Å². The summed E-state index contributed by atoms with van der Waals surface area (Å²) in [6.45, 7) is 16.5. The SMILES string of the molecule is Cc1cc(F)c(Nc2nc(-c3ccc4c(c3)N(C3CC(N5CCCCC5)C3)C(=O)C43CCN(C(=O)C4CCN(CC5CCN(c6cccc7c6C(=O)N(C6CCC(=O)NC6=O)C7=O)CC5)C4)CC3)cc3ncn(C(C)C)c23)cc1C(=O)NC(C)C. The molecule has 5 aromatic rings. The van der Waals surface area contributed by atoms with Crippen molar-refractivity contribution < 1.29 is 38.0 Å². The maximum absolute atomic E-state index is 16.0. The van der Waals surface area contributed by atoms with E-state index >= 15 is 9.18 Å². The summed E-state index contributed by atoms with van der Waals surface area (Å²) in [4.78, 5) is 118. The van der Waals surface area contributed by atoms with Crippen LogP contribution in [0.3, 0.4) is 0 Å². The average molecular weight is 1160 g/mol. The molecule has 3 N–H and O–H groups in total. The second-order valence-electron chi connectivity index (χ2n) is 25.9. The van der Waals surface area contributed by atoms with Crippen LogP contribution in [0.15, 0.2) is 60.9 Å². The molecule has 0 bridgehead atoms. The van der Waals surface area contributed by atoms with E-state index in [1.807, 2.05) is 41.5 Å². The lowest BCUT2D eigenvalue weighted by atomic mass is 9.73. The number of nitrogens with one attached hydrogen (secondary N) is 3. The number of carbonyl (C=O) groups excluding carboxylic acids is 7. The van der Waals surface area contributed by atoms with Crippen LogP contribution in [0.5, 0.6) is 0 Å². The maximum Gasteiger partial charge on any atom is 0.264 e. The van der Waals surface area contributed by atoms with Crippen LogP contribution in [0.1, 0.15) is 153 Å². The quantitative estimate of drug-likeness (QED) is 0.0962. The van der Waals surface area contributed by atoms with E-state index in [0.717, 1.165) is 80.0 Å². The van der Waals surface area contributed by atoms with E-state index in [0.29, 0.717) is 102 Å². The monoisotopic (exact) mass is 1160 g/mol. The Hall–Kier alpha value is -7.58. The molecular formula is C65H77FN12O7. The number of anilines is 4. The zero-order valence-corrected chi connectivity index (χ0v) is 49.4. The summed E-state index contributed by atoms with van der Waals surface area (Å²) in [6, 6.07) is 15.8. The molecule has 8 aliphatic rings. The van der Waals surface area contributed by atoms with Crippen molar-refractivity contribution in [2.24, 2.45) is 11.8 Å². The summed E-state index contributed by atoms with van der Waals surface area (Å²) in [6.07, 6.45) is 11.0. The number of pyridine rings is 1. The molecule has 85 heavy (non-hydrogen) atoms. The van der Waals surface area contributed by atoms with Crippen molar-refractivity contribution in [1.82, 2.24) is 44.8 Å². The smallest absolute Gasteiger partial charge is 0.264 e. The largest absolute Gasteiger partial charge is 0.371 e. The predicted molar refractivity (Wildman–Crippen MR) is 320 cm³/mol. The van der Waals surface area contributed by atoms with E-state index < -0.39 is 40.9 Å². The Bertz CT molecular complexity index is 3550. The molecule has 1 saturated carbocycles. The van der Waals surface area contributed by atoms with Gasteiger partial charge in [-0.15, -0.1) is 0 Å². The number of carbonyl (C=O) groups is 7. The topological polar surface area (TPSA) is 206 Å². The number of likely N-dealkylation sites (tertiary alicyclic amines) is 3. The summed E-state index contributed by atoms with van der Waals surface area (Å²) in [5, 5.41) is 8.49. The van der Waals surface area contributed by atoms with E-state index in [4.69, 9.17) is 9.97 Å². The Morgan fingerprint density at radius 3 is 2.31 bits per heavy atom. The number of hydrogen-bond acceptors (Lipinski definition) is 13. The van der Waals surface area contributed by atoms with Crippen LogP contribution in [0.2, 0.25) is 0 Å². The fourth-order valence-corrected chi connectivity index (χ4v) is 15.2. The highest BCUT2D eigenvalue weighted by molar-refractivity contribution is 6.25. The highest BCUT2D eigenvalue weighted by Crippen LogP contribution is 2.53. The number of benzene rings is 3. The number of fused-ring (bicyclic) bond motifs is 4. The van der Waals surface area contributed by atoms with Gasteiger partial charge in [-0.2, -0.15) is 0 Å². The zero-order valence-electron chi connectivity index (χ0n) is 49.4. The van der Waals surface area contributed by atoms with Gasteiger partial charge in [0.15, 0.2) is 5.82 Å². The molecule has 13 rings (SSSR count). The van der Waals surface area contributed by atoms with Gasteiger partial charge in [0, 0.05) is 86.7 Å². The molecule has 7 amide bonds. The first-order valence-electron chi connectivity index (χ1n) is 31.0. The third-order valence-electron chi connectivity index (χ3n) is 19.9.